The number of H-pyrrole nitrogens is 1. The molecule has 26 heavy (non-hydrogen) atoms. The van der Waals surface area contributed by atoms with Gasteiger partial charge in [-0.05, 0) is 17.0 Å². The van der Waals surface area contributed by atoms with Gasteiger partial charge in [0.15, 0.2) is 0 Å². The number of allylic oxidation sites excluding steroid dienone is 1. The van der Waals surface area contributed by atoms with Crippen LogP contribution < -0.4 is 0 Å². The summed E-state index contributed by atoms with van der Waals surface area (Å²) in [4.78, 5) is 1.36. The average molecular weight is 354 g/mol. The lowest BCUT2D eigenvalue weighted by atomic mass is 9.72. The van der Waals surface area contributed by atoms with Crippen molar-refractivity contribution in [3.05, 3.63) is 106 Å². The van der Waals surface area contributed by atoms with E-state index in [1.165, 1.54) is 21.7 Å². The van der Waals surface area contributed by atoms with Gasteiger partial charge in [-0.2, -0.15) is 5.10 Å². The van der Waals surface area contributed by atoms with Crippen molar-refractivity contribution in [2.75, 3.05) is 0 Å². The summed E-state index contributed by atoms with van der Waals surface area (Å²) in [5.41, 5.74) is 5.77. The quantitative estimate of drug-likeness (QED) is 0.503. The fourth-order valence-electron chi connectivity index (χ4n) is 3.86. The minimum atomic E-state index is -0.136. The van der Waals surface area contributed by atoms with E-state index in [-0.39, 0.29) is 5.41 Å². The molecule has 0 aliphatic heterocycles. The fraction of sp³-hybridized carbons (Fsp3) is 0.0870. The minimum Gasteiger partial charge on any atom is -0.281 e. The van der Waals surface area contributed by atoms with Crippen molar-refractivity contribution in [2.45, 2.75) is 11.8 Å². The molecular formula is C23H18N2S. The van der Waals surface area contributed by atoms with E-state index in [2.05, 4.69) is 94.5 Å². The number of nitrogens with zero attached hydrogens (tertiary/aromatic N) is 1. The third-order valence-electron chi connectivity index (χ3n) is 5.17. The Kier molecular flexibility index (Phi) is 3.61. The number of fused-ring (bicyclic) bond motifs is 1. The molecule has 0 spiro atoms. The van der Waals surface area contributed by atoms with Gasteiger partial charge in [-0.3, -0.25) is 5.10 Å². The number of rotatable bonds is 3. The molecule has 3 heteroatoms. The standard InChI is InChI=1S/C23H18N2S/c1-3-8-17(9-4-1)22-19-13-14-23(16-20(19)24-25-22,21-12-7-15-26-21)18-10-5-2-6-11-18/h1-15H,16H2,(H,24,25). The smallest absolute Gasteiger partial charge is 0.0995 e. The molecule has 0 bridgehead atoms. The number of hydrogen-bond donors (Lipinski definition) is 1. The molecule has 0 saturated carbocycles. The lowest BCUT2D eigenvalue weighted by Crippen LogP contribution is -2.29. The molecule has 0 radical (unpaired) electrons. The molecule has 0 saturated heterocycles. The van der Waals surface area contributed by atoms with E-state index in [1.807, 2.05) is 17.4 Å². The summed E-state index contributed by atoms with van der Waals surface area (Å²) in [6.07, 6.45) is 5.50. The van der Waals surface area contributed by atoms with Crippen LogP contribution in [0.5, 0.6) is 0 Å². The molecular weight excluding hydrogens is 336 g/mol. The zero-order valence-corrected chi connectivity index (χ0v) is 15.0. The van der Waals surface area contributed by atoms with Crippen molar-refractivity contribution in [1.29, 1.82) is 0 Å². The maximum absolute atomic E-state index is 4.64. The van der Waals surface area contributed by atoms with Crippen molar-refractivity contribution < 1.29 is 0 Å². The van der Waals surface area contributed by atoms with Gasteiger partial charge < -0.3 is 0 Å². The Balaban J connectivity index is 1.65. The molecule has 1 unspecified atom stereocenters. The Bertz CT molecular complexity index is 1050. The van der Waals surface area contributed by atoms with Crippen LogP contribution in [0.2, 0.25) is 0 Å². The van der Waals surface area contributed by atoms with Gasteiger partial charge >= 0.3 is 0 Å². The first-order valence-electron chi connectivity index (χ1n) is 8.78. The van der Waals surface area contributed by atoms with E-state index >= 15 is 0 Å². The Labute approximate surface area is 156 Å². The lowest BCUT2D eigenvalue weighted by molar-refractivity contribution is 0.633. The number of hydrogen-bond acceptors (Lipinski definition) is 2. The highest BCUT2D eigenvalue weighted by molar-refractivity contribution is 7.10. The molecule has 0 fully saturated rings. The predicted molar refractivity (Wildman–Crippen MR) is 108 cm³/mol. The first-order chi connectivity index (χ1) is 12.9. The minimum absolute atomic E-state index is 0.136. The topological polar surface area (TPSA) is 28.7 Å². The van der Waals surface area contributed by atoms with Gasteiger partial charge in [0.05, 0.1) is 11.1 Å². The maximum atomic E-state index is 4.64. The number of aromatic amines is 1. The molecule has 0 amide bonds. The molecule has 1 aliphatic rings. The normalized spacial score (nSPS) is 18.6. The van der Waals surface area contributed by atoms with Crippen molar-refractivity contribution >= 4 is 17.4 Å². The van der Waals surface area contributed by atoms with Crippen molar-refractivity contribution in [3.63, 3.8) is 0 Å². The number of aromatic nitrogens is 2. The zero-order chi connectivity index (χ0) is 17.4. The second-order valence-corrected chi connectivity index (χ2v) is 7.60. The van der Waals surface area contributed by atoms with Crippen LogP contribution in [0.1, 0.15) is 21.7 Å². The molecule has 1 aliphatic carbocycles. The van der Waals surface area contributed by atoms with Crippen molar-refractivity contribution in [2.24, 2.45) is 0 Å². The SMILES string of the molecule is C1=CC(c2ccccc2)(c2cccs2)Cc2[nH]nc(-c3ccccc3)c21. The van der Waals surface area contributed by atoms with E-state index in [9.17, 15) is 0 Å². The summed E-state index contributed by atoms with van der Waals surface area (Å²) >= 11 is 1.82. The van der Waals surface area contributed by atoms with E-state index in [1.54, 1.807) is 0 Å². The van der Waals surface area contributed by atoms with E-state index < -0.39 is 0 Å². The fourth-order valence-corrected chi connectivity index (χ4v) is 4.79. The Morgan fingerprint density at radius 3 is 2.38 bits per heavy atom. The van der Waals surface area contributed by atoms with Gasteiger partial charge in [-0.15, -0.1) is 11.3 Å². The lowest BCUT2D eigenvalue weighted by Gasteiger charge is -2.33. The molecule has 2 aromatic heterocycles. The molecule has 1 atom stereocenters. The summed E-state index contributed by atoms with van der Waals surface area (Å²) < 4.78 is 0. The van der Waals surface area contributed by atoms with Gasteiger partial charge in [0.2, 0.25) is 0 Å². The van der Waals surface area contributed by atoms with E-state index in [0.717, 1.165) is 17.7 Å². The van der Waals surface area contributed by atoms with Crippen LogP contribution in [0.25, 0.3) is 17.3 Å². The predicted octanol–water partition coefficient (Wildman–Crippen LogP) is 5.69. The molecule has 5 rings (SSSR count). The molecule has 2 heterocycles. The molecule has 4 aromatic rings. The largest absolute Gasteiger partial charge is 0.281 e. The van der Waals surface area contributed by atoms with Gasteiger partial charge in [0, 0.05) is 28.1 Å². The number of nitrogens with one attached hydrogen (secondary N) is 1. The second-order valence-electron chi connectivity index (χ2n) is 6.66. The number of benzene rings is 2. The molecule has 126 valence electrons. The Morgan fingerprint density at radius 2 is 1.65 bits per heavy atom. The Morgan fingerprint density at radius 1 is 0.885 bits per heavy atom. The highest BCUT2D eigenvalue weighted by Gasteiger charge is 2.37. The van der Waals surface area contributed by atoms with Gasteiger partial charge in [0.25, 0.3) is 0 Å². The Hall–Kier alpha value is -2.91. The molecule has 2 nitrogen and oxygen atoms in total. The first-order valence-corrected chi connectivity index (χ1v) is 9.66. The zero-order valence-electron chi connectivity index (χ0n) is 14.2. The van der Waals surface area contributed by atoms with E-state index in [4.69, 9.17) is 0 Å². The molecule has 2 aromatic carbocycles. The average Bonchev–Trinajstić information content (AvgIpc) is 3.39. The van der Waals surface area contributed by atoms with Gasteiger partial charge in [-0.25, -0.2) is 0 Å². The van der Waals surface area contributed by atoms with E-state index in [0.29, 0.717) is 0 Å². The summed E-state index contributed by atoms with van der Waals surface area (Å²) in [5, 5.41) is 10.1. The highest BCUT2D eigenvalue weighted by atomic mass is 32.1. The van der Waals surface area contributed by atoms with Crippen LogP contribution in [-0.2, 0) is 11.8 Å². The summed E-state index contributed by atoms with van der Waals surface area (Å²) in [5.74, 6) is 0. The third kappa shape index (κ3) is 2.36. The first kappa shape index (κ1) is 15.4. The van der Waals surface area contributed by atoms with Crippen molar-refractivity contribution in [1.82, 2.24) is 10.2 Å². The summed E-state index contributed by atoms with van der Waals surface area (Å²) in [7, 11) is 0. The summed E-state index contributed by atoms with van der Waals surface area (Å²) in [6.45, 7) is 0. The second kappa shape index (κ2) is 6.11. The maximum Gasteiger partial charge on any atom is 0.0995 e. The van der Waals surface area contributed by atoms with Gasteiger partial charge in [0.1, 0.15) is 0 Å². The monoisotopic (exact) mass is 354 g/mol. The highest BCUT2D eigenvalue weighted by Crippen LogP contribution is 2.44. The van der Waals surface area contributed by atoms with Crippen LogP contribution in [-0.4, -0.2) is 10.2 Å². The van der Waals surface area contributed by atoms with Crippen LogP contribution in [0.4, 0.5) is 0 Å². The molecule has 1 N–H and O–H groups in total. The van der Waals surface area contributed by atoms with Crippen LogP contribution >= 0.6 is 11.3 Å². The van der Waals surface area contributed by atoms with Gasteiger partial charge in [-0.1, -0.05) is 78.9 Å². The third-order valence-corrected chi connectivity index (χ3v) is 6.22. The van der Waals surface area contributed by atoms with Crippen molar-refractivity contribution in [3.8, 4) is 11.3 Å². The van der Waals surface area contributed by atoms with Crippen LogP contribution in [0.15, 0.2) is 84.3 Å². The van der Waals surface area contributed by atoms with Crippen LogP contribution in [0.3, 0.4) is 0 Å². The summed E-state index contributed by atoms with van der Waals surface area (Å²) in [6, 6.07) is 25.5. The van der Waals surface area contributed by atoms with Crippen LogP contribution in [0, 0.1) is 0 Å². The number of thiophene rings is 1.